The summed E-state index contributed by atoms with van der Waals surface area (Å²) in [7, 11) is 0. The van der Waals surface area contributed by atoms with E-state index in [0.29, 0.717) is 19.4 Å². The topological polar surface area (TPSA) is 226 Å². The summed E-state index contributed by atoms with van der Waals surface area (Å²) in [5.41, 5.74) is 11.0. The van der Waals surface area contributed by atoms with Gasteiger partial charge in [-0.1, -0.05) is 13.8 Å². The van der Waals surface area contributed by atoms with E-state index in [0.717, 1.165) is 0 Å². The Bertz CT molecular complexity index is 679. The van der Waals surface area contributed by atoms with E-state index in [9.17, 15) is 29.1 Å². The van der Waals surface area contributed by atoms with Crippen molar-refractivity contribution < 1.29 is 34.2 Å². The molecule has 0 aromatic heterocycles. The number of carbonyl (C=O) groups excluding carboxylic acids is 4. The molecule has 4 unspecified atom stereocenters. The van der Waals surface area contributed by atoms with Crippen LogP contribution in [0.25, 0.3) is 0 Å². The smallest absolute Gasteiger partial charge is 0.322 e. The number of nitrogens with one attached hydrogen (secondary N) is 4. The first-order valence-electron chi connectivity index (χ1n) is 10.6. The zero-order chi connectivity index (χ0) is 25.6. The lowest BCUT2D eigenvalue weighted by Crippen LogP contribution is -2.59. The van der Waals surface area contributed by atoms with Crippen molar-refractivity contribution in [1.82, 2.24) is 21.3 Å². The van der Waals surface area contributed by atoms with Crippen molar-refractivity contribution in [3.05, 3.63) is 0 Å². The number of thiol groups is 1. The molecule has 4 amide bonds. The second-order valence-electron chi connectivity index (χ2n) is 7.72. The number of carboxylic acid groups (broad SMARTS) is 1. The van der Waals surface area contributed by atoms with E-state index >= 15 is 0 Å². The highest BCUT2D eigenvalue weighted by molar-refractivity contribution is 7.80. The molecule has 0 aliphatic carbocycles. The number of carbonyl (C=O) groups is 5. The molecular weight excluding hydrogens is 456 g/mol. The van der Waals surface area contributed by atoms with E-state index < -0.39 is 66.9 Å². The summed E-state index contributed by atoms with van der Waals surface area (Å²) in [6.45, 7) is 2.34. The van der Waals surface area contributed by atoms with E-state index in [2.05, 4.69) is 33.9 Å². The molecule has 0 rings (SSSR count). The number of aliphatic hydroxyl groups excluding tert-OH is 1. The fourth-order valence-corrected chi connectivity index (χ4v) is 2.82. The summed E-state index contributed by atoms with van der Waals surface area (Å²) in [4.78, 5) is 60.4. The van der Waals surface area contributed by atoms with Gasteiger partial charge in [0.2, 0.25) is 23.6 Å². The number of hydrogen-bond donors (Lipinski definition) is 9. The second-order valence-corrected chi connectivity index (χ2v) is 8.09. The van der Waals surface area contributed by atoms with Crippen molar-refractivity contribution >= 4 is 42.2 Å². The van der Waals surface area contributed by atoms with Crippen LogP contribution in [0, 0.1) is 5.92 Å². The molecule has 33 heavy (non-hydrogen) atoms. The molecule has 0 saturated carbocycles. The normalized spacial score (nSPS) is 14.5. The molecule has 0 aliphatic heterocycles. The molecule has 0 aliphatic rings. The molecule has 0 aromatic rings. The Morgan fingerprint density at radius 3 is 1.97 bits per heavy atom. The van der Waals surface area contributed by atoms with Gasteiger partial charge in [0.25, 0.3) is 0 Å². The molecule has 4 atom stereocenters. The fraction of sp³-hybridized carbons (Fsp3) is 0.737. The third kappa shape index (κ3) is 11.8. The molecule has 0 aromatic carbocycles. The minimum atomic E-state index is -1.35. The number of aliphatic carboxylic acids is 1. The van der Waals surface area contributed by atoms with Crippen molar-refractivity contribution in [3.63, 3.8) is 0 Å². The number of carboxylic acids is 1. The van der Waals surface area contributed by atoms with Crippen LogP contribution in [0.1, 0.15) is 33.1 Å². The van der Waals surface area contributed by atoms with Crippen LogP contribution in [-0.2, 0) is 24.0 Å². The Hall–Kier alpha value is -2.42. The minimum absolute atomic E-state index is 0.0241. The number of aliphatic hydroxyl groups is 1. The lowest BCUT2D eigenvalue weighted by Gasteiger charge is -2.26. The largest absolute Gasteiger partial charge is 0.480 e. The average Bonchev–Trinajstić information content (AvgIpc) is 2.77. The fourth-order valence-electron chi connectivity index (χ4n) is 2.65. The van der Waals surface area contributed by atoms with E-state index in [-0.39, 0.29) is 18.1 Å². The van der Waals surface area contributed by atoms with E-state index in [1.54, 1.807) is 13.8 Å². The van der Waals surface area contributed by atoms with Gasteiger partial charge in [0, 0.05) is 5.75 Å². The van der Waals surface area contributed by atoms with Gasteiger partial charge in [0.1, 0.15) is 24.7 Å². The number of nitrogens with two attached hydrogens (primary N) is 2. The van der Waals surface area contributed by atoms with Crippen LogP contribution in [0.3, 0.4) is 0 Å². The predicted octanol–water partition coefficient (Wildman–Crippen LogP) is -3.32. The molecule has 0 spiro atoms. The van der Waals surface area contributed by atoms with Crippen LogP contribution >= 0.6 is 12.6 Å². The van der Waals surface area contributed by atoms with Crippen molar-refractivity contribution in [2.75, 3.05) is 25.4 Å². The van der Waals surface area contributed by atoms with Crippen LogP contribution in [0.5, 0.6) is 0 Å². The second kappa shape index (κ2) is 16.2. The molecule has 0 heterocycles. The highest BCUT2D eigenvalue weighted by atomic mass is 32.1. The maximum Gasteiger partial charge on any atom is 0.322 e. The van der Waals surface area contributed by atoms with E-state index in [1.807, 2.05) is 0 Å². The summed E-state index contributed by atoms with van der Waals surface area (Å²) in [6.07, 6.45) is 1.23. The minimum Gasteiger partial charge on any atom is -0.480 e. The molecule has 14 heteroatoms. The Balaban J connectivity index is 5.39. The third-order valence-corrected chi connectivity index (χ3v) is 4.98. The summed E-state index contributed by atoms with van der Waals surface area (Å²) in [5, 5.41) is 27.7. The van der Waals surface area contributed by atoms with Crippen LogP contribution in [0.15, 0.2) is 0 Å². The highest BCUT2D eigenvalue weighted by Crippen LogP contribution is 2.06. The summed E-state index contributed by atoms with van der Waals surface area (Å²) < 4.78 is 0. The molecule has 13 nitrogen and oxygen atoms in total. The average molecular weight is 493 g/mol. The summed E-state index contributed by atoms with van der Waals surface area (Å²) >= 11 is 3.90. The number of amides is 4. The molecule has 10 N–H and O–H groups in total. The third-order valence-electron chi connectivity index (χ3n) is 4.59. The van der Waals surface area contributed by atoms with Crippen LogP contribution in [0.4, 0.5) is 0 Å². The first kappa shape index (κ1) is 30.6. The number of rotatable bonds is 16. The van der Waals surface area contributed by atoms with Gasteiger partial charge in [-0.25, -0.2) is 0 Å². The Morgan fingerprint density at radius 2 is 1.48 bits per heavy atom. The highest BCUT2D eigenvalue weighted by Gasteiger charge is 2.31. The van der Waals surface area contributed by atoms with Crippen molar-refractivity contribution in [2.45, 2.75) is 57.3 Å². The first-order chi connectivity index (χ1) is 15.5. The summed E-state index contributed by atoms with van der Waals surface area (Å²) in [6, 6.07) is -4.49. The molecule has 190 valence electrons. The SMILES string of the molecule is CC(C)C(NC(=O)C(CCCCN)NC(=O)C(CO)NC(=O)C(N)CS)C(=O)NCC(=O)O. The maximum absolute atomic E-state index is 12.9. The molecule has 0 saturated heterocycles. The molecule has 0 fully saturated rings. The van der Waals surface area contributed by atoms with Gasteiger partial charge < -0.3 is 42.9 Å². The first-order valence-corrected chi connectivity index (χ1v) is 11.2. The van der Waals surface area contributed by atoms with Crippen molar-refractivity contribution in [2.24, 2.45) is 17.4 Å². The predicted molar refractivity (Wildman–Crippen MR) is 123 cm³/mol. The van der Waals surface area contributed by atoms with Gasteiger partial charge in [0.15, 0.2) is 0 Å². The van der Waals surface area contributed by atoms with Crippen LogP contribution < -0.4 is 32.7 Å². The molecule has 0 radical (unpaired) electrons. The lowest BCUT2D eigenvalue weighted by atomic mass is 10.0. The zero-order valence-corrected chi connectivity index (χ0v) is 19.8. The van der Waals surface area contributed by atoms with Gasteiger partial charge >= 0.3 is 5.97 Å². The Kier molecular flexibility index (Phi) is 15.0. The van der Waals surface area contributed by atoms with E-state index in [1.165, 1.54) is 0 Å². The standard InChI is InChI=1S/C19H36N6O7S/c1-10(2)15(19(32)22-7-14(27)28)25-17(30)12(5-3-4-6-20)23-18(31)13(8-26)24-16(29)11(21)9-33/h10-13,15,26,33H,3-9,20-21H2,1-2H3,(H,22,32)(H,23,31)(H,24,29)(H,25,30)(H,27,28). The van der Waals surface area contributed by atoms with Crippen molar-refractivity contribution in [1.29, 1.82) is 0 Å². The monoisotopic (exact) mass is 492 g/mol. The lowest BCUT2D eigenvalue weighted by molar-refractivity contribution is -0.139. The van der Waals surface area contributed by atoms with Gasteiger partial charge in [-0.3, -0.25) is 24.0 Å². The Morgan fingerprint density at radius 1 is 0.909 bits per heavy atom. The zero-order valence-electron chi connectivity index (χ0n) is 18.9. The summed E-state index contributed by atoms with van der Waals surface area (Å²) in [5.74, 6) is -4.47. The van der Waals surface area contributed by atoms with E-state index in [4.69, 9.17) is 16.6 Å². The van der Waals surface area contributed by atoms with Crippen molar-refractivity contribution in [3.8, 4) is 0 Å². The van der Waals surface area contributed by atoms with Gasteiger partial charge in [-0.2, -0.15) is 12.6 Å². The molecule has 0 bridgehead atoms. The van der Waals surface area contributed by atoms with Crippen LogP contribution in [0.2, 0.25) is 0 Å². The maximum atomic E-state index is 12.9. The van der Waals surface area contributed by atoms with Gasteiger partial charge in [-0.05, 0) is 31.7 Å². The molecular formula is C19H36N6O7S. The number of unbranched alkanes of at least 4 members (excludes halogenated alkanes) is 1. The van der Waals surface area contributed by atoms with Crippen LogP contribution in [-0.4, -0.2) is 89.4 Å². The number of hydrogen-bond acceptors (Lipinski definition) is 9. The van der Waals surface area contributed by atoms with Gasteiger partial charge in [-0.15, -0.1) is 0 Å². The van der Waals surface area contributed by atoms with Gasteiger partial charge in [0.05, 0.1) is 12.6 Å². The quantitative estimate of drug-likeness (QED) is 0.0774. The Labute approximate surface area is 198 Å².